The van der Waals surface area contributed by atoms with Crippen LogP contribution in [-0.4, -0.2) is 40.1 Å². The fraction of sp³-hybridized carbons (Fsp3) is 0.364. The summed E-state index contributed by atoms with van der Waals surface area (Å²) in [6.07, 6.45) is 2.03. The summed E-state index contributed by atoms with van der Waals surface area (Å²) in [7, 11) is 0. The molecule has 0 unspecified atom stereocenters. The third-order valence-corrected chi connectivity index (χ3v) is 7.35. The largest absolute Gasteiger partial charge is 0.291 e. The molecule has 1 saturated heterocycles. The number of ketones is 1. The molecule has 31 heavy (non-hydrogen) atoms. The summed E-state index contributed by atoms with van der Waals surface area (Å²) in [5.41, 5.74) is 0.0638. The molecule has 0 bridgehead atoms. The second-order valence-electron chi connectivity index (χ2n) is 8.01. The molecule has 2 fully saturated rings. The molecule has 3 amide bonds. The highest BCUT2D eigenvalue weighted by Gasteiger charge is 2.53. The van der Waals surface area contributed by atoms with E-state index in [2.05, 4.69) is 0 Å². The van der Waals surface area contributed by atoms with Gasteiger partial charge in [-0.05, 0) is 54.8 Å². The van der Waals surface area contributed by atoms with E-state index in [-0.39, 0.29) is 16.4 Å². The van der Waals surface area contributed by atoms with Crippen LogP contribution in [0.2, 0.25) is 10.0 Å². The number of fused-ring (bicyclic) bond motifs is 1. The molecule has 0 radical (unpaired) electrons. The molecule has 162 valence electrons. The molecule has 1 aromatic heterocycles. The lowest BCUT2D eigenvalue weighted by Crippen LogP contribution is -2.52. The summed E-state index contributed by atoms with van der Waals surface area (Å²) in [6, 6.07) is 7.69. The first-order valence-corrected chi connectivity index (χ1v) is 11.6. The first-order valence-electron chi connectivity index (χ1n) is 9.99. The highest BCUT2D eigenvalue weighted by molar-refractivity contribution is 7.12. The first-order chi connectivity index (χ1) is 14.8. The number of hydrogen-bond acceptors (Lipinski definition) is 5. The van der Waals surface area contributed by atoms with Crippen LogP contribution in [0, 0.1) is 17.8 Å². The van der Waals surface area contributed by atoms with E-state index in [0.29, 0.717) is 28.7 Å². The highest BCUT2D eigenvalue weighted by Crippen LogP contribution is 2.41. The van der Waals surface area contributed by atoms with Crippen LogP contribution in [0.15, 0.2) is 35.7 Å². The van der Waals surface area contributed by atoms with Gasteiger partial charge in [-0.1, -0.05) is 36.2 Å². The van der Waals surface area contributed by atoms with Gasteiger partial charge in [-0.25, -0.2) is 5.01 Å². The molecule has 1 saturated carbocycles. The van der Waals surface area contributed by atoms with Gasteiger partial charge in [0.1, 0.15) is 6.54 Å². The minimum absolute atomic E-state index is 0.0638. The normalized spacial score (nSPS) is 23.1. The Kier molecular flexibility index (Phi) is 6.19. The molecule has 6 nitrogen and oxygen atoms in total. The summed E-state index contributed by atoms with van der Waals surface area (Å²) < 4.78 is 0. The fourth-order valence-corrected chi connectivity index (χ4v) is 5.44. The van der Waals surface area contributed by atoms with Crippen molar-refractivity contribution < 1.29 is 19.2 Å². The number of hydrogen-bond donors (Lipinski definition) is 0. The van der Waals surface area contributed by atoms with Gasteiger partial charge in [-0.15, -0.1) is 11.3 Å². The number of nitrogens with zero attached hydrogens (tertiary/aromatic N) is 2. The van der Waals surface area contributed by atoms with Gasteiger partial charge in [0, 0.05) is 5.02 Å². The van der Waals surface area contributed by atoms with E-state index in [0.717, 1.165) is 16.4 Å². The molecule has 3 atom stereocenters. The summed E-state index contributed by atoms with van der Waals surface area (Å²) >= 11 is 13.4. The van der Waals surface area contributed by atoms with Crippen LogP contribution in [0.1, 0.15) is 46.2 Å². The Balaban J connectivity index is 1.71. The summed E-state index contributed by atoms with van der Waals surface area (Å²) in [5, 5.41) is 4.00. The molecule has 9 heteroatoms. The van der Waals surface area contributed by atoms with Gasteiger partial charge in [0.15, 0.2) is 5.78 Å². The van der Waals surface area contributed by atoms with E-state index in [1.54, 1.807) is 17.5 Å². The number of rotatable bonds is 5. The number of amides is 3. The second-order valence-corrected chi connectivity index (χ2v) is 9.80. The van der Waals surface area contributed by atoms with Crippen molar-refractivity contribution in [1.82, 2.24) is 10.0 Å². The number of imide groups is 1. The number of carbonyl (C=O) groups is 4. The highest BCUT2D eigenvalue weighted by atomic mass is 35.5. The zero-order chi connectivity index (χ0) is 22.3. The Hall–Kier alpha value is -2.22. The van der Waals surface area contributed by atoms with Gasteiger partial charge in [0.25, 0.3) is 17.7 Å². The molecule has 1 aromatic carbocycles. The third-order valence-electron chi connectivity index (χ3n) is 5.89. The van der Waals surface area contributed by atoms with Gasteiger partial charge in [-0.2, -0.15) is 5.01 Å². The first kappa shape index (κ1) is 22.0. The van der Waals surface area contributed by atoms with Crippen molar-refractivity contribution in [2.24, 2.45) is 17.8 Å². The third kappa shape index (κ3) is 4.14. The van der Waals surface area contributed by atoms with E-state index >= 15 is 0 Å². The predicted octanol–water partition coefficient (Wildman–Crippen LogP) is 4.72. The minimum Gasteiger partial charge on any atom is -0.291 e. The van der Waals surface area contributed by atoms with Gasteiger partial charge in [0.2, 0.25) is 0 Å². The molecule has 2 heterocycles. The average molecular weight is 479 g/mol. The average Bonchev–Trinajstić information content (AvgIpc) is 3.34. The van der Waals surface area contributed by atoms with Gasteiger partial charge < -0.3 is 0 Å². The predicted molar refractivity (Wildman–Crippen MR) is 118 cm³/mol. The van der Waals surface area contributed by atoms with E-state index in [4.69, 9.17) is 23.2 Å². The van der Waals surface area contributed by atoms with Crippen LogP contribution < -0.4 is 0 Å². The van der Waals surface area contributed by atoms with Crippen molar-refractivity contribution in [2.75, 3.05) is 6.54 Å². The monoisotopic (exact) mass is 478 g/mol. The Labute approximate surface area is 193 Å². The van der Waals surface area contributed by atoms with Crippen molar-refractivity contribution in [2.45, 2.75) is 26.2 Å². The Bertz CT molecular complexity index is 1060. The van der Waals surface area contributed by atoms with Crippen molar-refractivity contribution in [1.29, 1.82) is 0 Å². The molecular weight excluding hydrogens is 459 g/mol. The van der Waals surface area contributed by atoms with Crippen LogP contribution in [0.5, 0.6) is 0 Å². The van der Waals surface area contributed by atoms with Crippen LogP contribution in [-0.2, 0) is 9.59 Å². The molecule has 1 aliphatic heterocycles. The van der Waals surface area contributed by atoms with E-state index < -0.39 is 36.1 Å². The molecule has 0 spiro atoms. The maximum Gasteiger partial charge on any atom is 0.274 e. The number of carbonyl (C=O) groups excluding carboxylic acids is 4. The molecule has 4 rings (SSSR count). The van der Waals surface area contributed by atoms with Crippen LogP contribution in [0.4, 0.5) is 0 Å². The Morgan fingerprint density at radius 3 is 2.55 bits per heavy atom. The van der Waals surface area contributed by atoms with Crippen molar-refractivity contribution >= 4 is 58.0 Å². The Morgan fingerprint density at radius 2 is 1.87 bits per heavy atom. The molecule has 2 aromatic rings. The minimum atomic E-state index is -0.694. The summed E-state index contributed by atoms with van der Waals surface area (Å²) in [6.45, 7) is 1.61. The number of hydrazine groups is 1. The van der Waals surface area contributed by atoms with Crippen molar-refractivity contribution in [3.8, 4) is 0 Å². The van der Waals surface area contributed by atoms with Crippen molar-refractivity contribution in [3.05, 3.63) is 56.2 Å². The van der Waals surface area contributed by atoms with E-state index in [1.165, 1.54) is 29.5 Å². The van der Waals surface area contributed by atoms with Crippen LogP contribution in [0.3, 0.4) is 0 Å². The zero-order valence-electron chi connectivity index (χ0n) is 16.7. The SMILES string of the molecule is C[C@@H]1CC[C@H]2C(=O)N(N(CC(=O)c3cccs3)C(=O)c3ccc(Cl)cc3Cl)C(=O)[C@H]2C1. The molecule has 1 aliphatic carbocycles. The fourth-order valence-electron chi connectivity index (χ4n) is 4.30. The lowest BCUT2D eigenvalue weighted by atomic mass is 9.76. The quantitative estimate of drug-likeness (QED) is 0.460. The molecule has 0 N–H and O–H groups in total. The standard InChI is InChI=1S/C22H20Cl2N2O4S/c1-12-4-6-14-16(9-12)22(30)26(21(14)29)25(11-18(27)19-3-2-8-31-19)20(28)15-7-5-13(23)10-17(15)24/h2-3,5,7-8,10,12,14,16H,4,6,9,11H2,1H3/t12-,14-,16+/m1/s1. The zero-order valence-corrected chi connectivity index (χ0v) is 19.0. The van der Waals surface area contributed by atoms with Crippen molar-refractivity contribution in [3.63, 3.8) is 0 Å². The van der Waals surface area contributed by atoms with E-state index in [1.807, 2.05) is 6.92 Å². The van der Waals surface area contributed by atoms with Gasteiger partial charge >= 0.3 is 0 Å². The summed E-state index contributed by atoms with van der Waals surface area (Å²) in [5.74, 6) is -2.53. The molecular formula is C22H20Cl2N2O4S. The topological polar surface area (TPSA) is 74.8 Å². The number of halogens is 2. The Morgan fingerprint density at radius 1 is 1.13 bits per heavy atom. The van der Waals surface area contributed by atoms with Gasteiger partial charge in [0.05, 0.1) is 27.3 Å². The summed E-state index contributed by atoms with van der Waals surface area (Å²) in [4.78, 5) is 53.1. The number of benzene rings is 1. The van der Waals surface area contributed by atoms with Crippen LogP contribution >= 0.6 is 34.5 Å². The maximum absolute atomic E-state index is 13.4. The van der Waals surface area contributed by atoms with E-state index in [9.17, 15) is 19.2 Å². The van der Waals surface area contributed by atoms with Crippen LogP contribution in [0.25, 0.3) is 0 Å². The second kappa shape index (κ2) is 8.73. The van der Waals surface area contributed by atoms with Gasteiger partial charge in [-0.3, -0.25) is 19.2 Å². The lowest BCUT2D eigenvalue weighted by molar-refractivity contribution is -0.154. The lowest BCUT2D eigenvalue weighted by Gasteiger charge is -2.30. The number of Topliss-reactive ketones (excluding diaryl/α,β-unsaturated/α-hetero) is 1. The smallest absolute Gasteiger partial charge is 0.274 e. The number of thiophene rings is 1. The molecule has 2 aliphatic rings. The maximum atomic E-state index is 13.4.